The number of hydrogen-bond donors (Lipinski definition) is 19. The van der Waals surface area contributed by atoms with Crippen LogP contribution in [-0.4, -0.2) is 156 Å². The molecular formula is C35H68N20O9S2. The highest BCUT2D eigenvalue weighted by Gasteiger charge is 2.33. The van der Waals surface area contributed by atoms with E-state index in [0.29, 0.717) is 6.42 Å². The van der Waals surface area contributed by atoms with Crippen LogP contribution in [0.5, 0.6) is 0 Å². The summed E-state index contributed by atoms with van der Waals surface area (Å²) in [6.07, 6.45) is -0.0315. The van der Waals surface area contributed by atoms with Gasteiger partial charge >= 0.3 is 5.97 Å². The number of carbonyl (C=O) groups is 8. The minimum Gasteiger partial charge on any atom is -0.480 e. The van der Waals surface area contributed by atoms with Gasteiger partial charge in [0.05, 0.1) is 6.04 Å². The lowest BCUT2D eigenvalue weighted by Crippen LogP contribution is -2.60. The number of guanidine groups is 4. The van der Waals surface area contributed by atoms with Gasteiger partial charge in [-0.3, -0.25) is 53.5 Å². The second-order valence-corrected chi connectivity index (χ2v) is 15.2. The SMILES string of the molecule is NC(=O)CC[C@H](NC(=O)[C@H](CS)NC(=O)[C@H](CCCN=C(N)N)NC(=O)[C@H](CCCN=C(N)N)NC(=O)[C@H](CCCN=C(N)N)NC(=O)[C@@H](N)CCCN=C(N)N)C(=O)N[C@@H](CS)C(=O)O. The summed E-state index contributed by atoms with van der Waals surface area (Å²) in [5.41, 5.74) is 54.7. The molecule has 0 saturated carbocycles. The van der Waals surface area contributed by atoms with Crippen molar-refractivity contribution in [1.29, 1.82) is 0 Å². The molecule has 374 valence electrons. The summed E-state index contributed by atoms with van der Waals surface area (Å²) in [4.78, 5) is 120. The number of nitrogens with zero attached hydrogens (tertiary/aromatic N) is 4. The number of thiol groups is 2. The van der Waals surface area contributed by atoms with Crippen molar-refractivity contribution < 1.29 is 43.5 Å². The van der Waals surface area contributed by atoms with Crippen molar-refractivity contribution in [2.24, 2.45) is 77.3 Å². The number of nitrogens with one attached hydrogen (secondary N) is 6. The van der Waals surface area contributed by atoms with Gasteiger partial charge in [-0.1, -0.05) is 0 Å². The van der Waals surface area contributed by atoms with Crippen LogP contribution in [0.15, 0.2) is 20.0 Å². The van der Waals surface area contributed by atoms with Crippen molar-refractivity contribution in [1.82, 2.24) is 31.9 Å². The van der Waals surface area contributed by atoms with Crippen molar-refractivity contribution >= 4 is 96.4 Å². The highest BCUT2D eigenvalue weighted by atomic mass is 32.1. The largest absolute Gasteiger partial charge is 0.480 e. The molecule has 0 spiro atoms. The van der Waals surface area contributed by atoms with E-state index in [9.17, 15) is 43.5 Å². The van der Waals surface area contributed by atoms with E-state index < -0.39 is 89.6 Å². The number of nitrogens with two attached hydrogens (primary N) is 10. The van der Waals surface area contributed by atoms with Crippen LogP contribution in [-0.2, 0) is 38.4 Å². The van der Waals surface area contributed by atoms with Crippen LogP contribution in [0.3, 0.4) is 0 Å². The second kappa shape index (κ2) is 33.0. The van der Waals surface area contributed by atoms with Gasteiger partial charge in [0.2, 0.25) is 41.4 Å². The van der Waals surface area contributed by atoms with E-state index in [1.807, 2.05) is 0 Å². The Morgan fingerprint density at radius 2 is 0.682 bits per heavy atom. The average molecular weight is 977 g/mol. The third-order valence-corrected chi connectivity index (χ3v) is 9.69. The highest BCUT2D eigenvalue weighted by molar-refractivity contribution is 7.80. The molecule has 0 fully saturated rings. The van der Waals surface area contributed by atoms with Gasteiger partial charge in [0, 0.05) is 44.1 Å². The molecule has 27 N–H and O–H groups in total. The predicted molar refractivity (Wildman–Crippen MR) is 253 cm³/mol. The Morgan fingerprint density at radius 1 is 0.409 bits per heavy atom. The normalized spacial score (nSPS) is 13.8. The molecule has 0 aromatic heterocycles. The maximum absolute atomic E-state index is 14.1. The molecule has 0 unspecified atom stereocenters. The quantitative estimate of drug-likeness (QED) is 0.0123. The third-order valence-electron chi connectivity index (χ3n) is 8.96. The topological polar surface area (TPSA) is 539 Å². The molecule has 0 aliphatic carbocycles. The summed E-state index contributed by atoms with van der Waals surface area (Å²) < 4.78 is 0. The first-order valence-electron chi connectivity index (χ1n) is 20.5. The number of rotatable bonds is 34. The van der Waals surface area contributed by atoms with Crippen molar-refractivity contribution in [3.8, 4) is 0 Å². The number of carboxylic acid groups (broad SMARTS) is 1. The van der Waals surface area contributed by atoms with Crippen molar-refractivity contribution in [3.63, 3.8) is 0 Å². The molecule has 7 amide bonds. The second-order valence-electron chi connectivity index (χ2n) is 14.5. The Morgan fingerprint density at radius 3 is 0.985 bits per heavy atom. The zero-order valence-electron chi connectivity index (χ0n) is 36.5. The van der Waals surface area contributed by atoms with E-state index in [1.54, 1.807) is 0 Å². The molecule has 0 aromatic rings. The number of amides is 7. The van der Waals surface area contributed by atoms with Gasteiger partial charge in [0.25, 0.3) is 0 Å². The Bertz CT molecular complexity index is 1740. The molecule has 29 nitrogen and oxygen atoms in total. The van der Waals surface area contributed by atoms with Crippen molar-refractivity contribution in [2.75, 3.05) is 37.7 Å². The Kier molecular flexibility index (Phi) is 29.8. The molecule has 0 bridgehead atoms. The number of carbonyl (C=O) groups excluding carboxylic acids is 7. The van der Waals surface area contributed by atoms with Crippen LogP contribution >= 0.6 is 25.3 Å². The van der Waals surface area contributed by atoms with Crippen molar-refractivity contribution in [2.45, 2.75) is 107 Å². The van der Waals surface area contributed by atoms with Crippen LogP contribution in [0.2, 0.25) is 0 Å². The lowest BCUT2D eigenvalue weighted by Gasteiger charge is -2.27. The van der Waals surface area contributed by atoms with Crippen LogP contribution in [0, 0.1) is 0 Å². The zero-order chi connectivity index (χ0) is 50.4. The van der Waals surface area contributed by atoms with E-state index >= 15 is 0 Å². The van der Waals surface area contributed by atoms with Gasteiger partial charge < -0.3 is 94.3 Å². The molecule has 0 rings (SSSR count). The molecule has 0 saturated heterocycles. The smallest absolute Gasteiger partial charge is 0.327 e. The summed E-state index contributed by atoms with van der Waals surface area (Å²) >= 11 is 8.08. The van der Waals surface area contributed by atoms with Gasteiger partial charge in [0.15, 0.2) is 23.8 Å². The van der Waals surface area contributed by atoms with Crippen LogP contribution in [0.4, 0.5) is 0 Å². The Balaban J connectivity index is 6.65. The lowest BCUT2D eigenvalue weighted by molar-refractivity contribution is -0.141. The molecule has 7 atom stereocenters. The van der Waals surface area contributed by atoms with Gasteiger partial charge in [-0.2, -0.15) is 25.3 Å². The van der Waals surface area contributed by atoms with Crippen LogP contribution in [0.25, 0.3) is 0 Å². The number of aliphatic carboxylic acids is 1. The van der Waals surface area contributed by atoms with E-state index in [1.165, 1.54) is 0 Å². The maximum Gasteiger partial charge on any atom is 0.327 e. The van der Waals surface area contributed by atoms with Gasteiger partial charge in [-0.05, 0) is 57.8 Å². The number of aliphatic imine (C=N–C) groups is 4. The number of primary amides is 1. The standard InChI is InChI=1S/C35H68N20O9S2/c36-17(5-1-11-46-32(38)39)25(57)50-18(6-2-12-47-33(40)41)26(58)51-19(7-3-13-48-34(42)43)27(59)52-20(8-4-14-49-35(44)45)28(60)54-22(15-65)30(62)53-21(9-10-24(37)56)29(61)55-23(16-66)31(63)64/h17-23,65-66H,1-16,36H2,(H2,37,56)(H,50,57)(H,51,58)(H,52,59)(H,53,62)(H,54,60)(H,55,61)(H,63,64)(H4,38,39,46)(H4,40,41,47)(H4,42,43,48)(H4,44,45,49)/t17-,18-,19-,20-,21-,22-,23-/m0/s1. The fourth-order valence-electron chi connectivity index (χ4n) is 5.54. The fraction of sp³-hybridized carbons (Fsp3) is 0.657. The predicted octanol–water partition coefficient (Wildman–Crippen LogP) is -8.35. The Hall–Kier alpha value is -6.50. The van der Waals surface area contributed by atoms with Crippen LogP contribution in [0.1, 0.15) is 64.2 Å². The molecule has 0 radical (unpaired) electrons. The molecule has 0 aliphatic heterocycles. The monoisotopic (exact) mass is 976 g/mol. The van der Waals surface area contributed by atoms with E-state index in [4.69, 9.17) is 57.3 Å². The molecule has 0 aromatic carbocycles. The first-order valence-corrected chi connectivity index (χ1v) is 21.8. The minimum atomic E-state index is -1.49. The third kappa shape index (κ3) is 27.0. The van der Waals surface area contributed by atoms with E-state index in [-0.39, 0.29) is 119 Å². The summed E-state index contributed by atoms with van der Waals surface area (Å²) in [7, 11) is 0. The molecule has 0 aliphatic rings. The lowest BCUT2D eigenvalue weighted by atomic mass is 10.0. The zero-order valence-corrected chi connectivity index (χ0v) is 38.3. The first-order chi connectivity index (χ1) is 31.0. The fourth-order valence-corrected chi connectivity index (χ4v) is 6.05. The summed E-state index contributed by atoms with van der Waals surface area (Å²) in [6.45, 7) is 0.318. The van der Waals surface area contributed by atoms with E-state index in [2.05, 4.69) is 77.1 Å². The van der Waals surface area contributed by atoms with Gasteiger partial charge in [0.1, 0.15) is 36.3 Å². The van der Waals surface area contributed by atoms with Crippen molar-refractivity contribution in [3.05, 3.63) is 0 Å². The maximum atomic E-state index is 14.1. The molecule has 31 heteroatoms. The highest BCUT2D eigenvalue weighted by Crippen LogP contribution is 2.08. The van der Waals surface area contributed by atoms with Gasteiger partial charge in [-0.25, -0.2) is 4.79 Å². The minimum absolute atomic E-state index is 0.00900. The number of carboxylic acids is 1. The average Bonchev–Trinajstić information content (AvgIpc) is 3.23. The summed E-state index contributed by atoms with van der Waals surface area (Å²) in [5, 5.41) is 24.2. The summed E-state index contributed by atoms with van der Waals surface area (Å²) in [6, 6.07) is -9.56. The van der Waals surface area contributed by atoms with E-state index in [0.717, 1.165) is 0 Å². The number of hydrogen-bond acceptors (Lipinski definition) is 15. The molecule has 66 heavy (non-hydrogen) atoms. The van der Waals surface area contributed by atoms with Crippen LogP contribution < -0.4 is 89.2 Å². The molecular weight excluding hydrogens is 909 g/mol. The Labute approximate surface area is 392 Å². The molecule has 0 heterocycles. The summed E-state index contributed by atoms with van der Waals surface area (Å²) in [5.74, 6) is -9.01. The first kappa shape index (κ1) is 59.5. The van der Waals surface area contributed by atoms with Gasteiger partial charge in [-0.15, -0.1) is 0 Å².